The first-order valence-corrected chi connectivity index (χ1v) is 6.96. The molecule has 4 heteroatoms. The van der Waals surface area contributed by atoms with E-state index >= 15 is 0 Å². The summed E-state index contributed by atoms with van der Waals surface area (Å²) in [7, 11) is 0. The molecule has 19 heavy (non-hydrogen) atoms. The van der Waals surface area contributed by atoms with Gasteiger partial charge >= 0.3 is 0 Å². The highest BCUT2D eigenvalue weighted by molar-refractivity contribution is 6.26. The van der Waals surface area contributed by atoms with Gasteiger partial charge in [0.25, 0.3) is 5.91 Å². The molecule has 0 spiro atoms. The largest absolute Gasteiger partial charge is 0.360 e. The van der Waals surface area contributed by atoms with Gasteiger partial charge < -0.3 is 15.3 Å². The van der Waals surface area contributed by atoms with E-state index in [1.54, 1.807) is 0 Å². The van der Waals surface area contributed by atoms with Crippen molar-refractivity contribution in [3.8, 4) is 0 Å². The number of nitrogens with one attached hydrogen (secondary N) is 2. The monoisotopic (exact) mass is 257 g/mol. The average molecular weight is 257 g/mol. The Balaban J connectivity index is 1.96. The van der Waals surface area contributed by atoms with Crippen LogP contribution < -0.4 is 0 Å². The van der Waals surface area contributed by atoms with E-state index in [1.807, 2.05) is 23.2 Å². The van der Waals surface area contributed by atoms with E-state index in [2.05, 4.69) is 11.9 Å². The molecule has 2 heterocycles. The molecule has 0 saturated heterocycles. The number of hydrogen-bond donors (Lipinski definition) is 2. The van der Waals surface area contributed by atoms with Gasteiger partial charge in [0, 0.05) is 18.5 Å². The summed E-state index contributed by atoms with van der Waals surface area (Å²) in [5.74, 6) is 0.549. The summed E-state index contributed by atoms with van der Waals surface area (Å²) in [5, 5.41) is 7.43. The van der Waals surface area contributed by atoms with Crippen LogP contribution in [-0.2, 0) is 4.79 Å². The van der Waals surface area contributed by atoms with E-state index in [4.69, 9.17) is 5.41 Å². The van der Waals surface area contributed by atoms with Gasteiger partial charge in [0.15, 0.2) is 0 Å². The summed E-state index contributed by atoms with van der Waals surface area (Å²) in [6.07, 6.45) is 7.75. The topological polar surface area (TPSA) is 60.0 Å². The number of carbonyl (C=O) groups excluding carboxylic acids is 1. The van der Waals surface area contributed by atoms with Crippen LogP contribution in [0.4, 0.5) is 0 Å². The number of aromatic nitrogens is 1. The molecule has 100 valence electrons. The maximum absolute atomic E-state index is 12.2. The summed E-state index contributed by atoms with van der Waals surface area (Å²) in [6, 6.07) is 4.18. The van der Waals surface area contributed by atoms with Gasteiger partial charge in [0.2, 0.25) is 0 Å². The Morgan fingerprint density at radius 3 is 2.84 bits per heavy atom. The van der Waals surface area contributed by atoms with Crippen LogP contribution in [0.1, 0.15) is 38.3 Å². The van der Waals surface area contributed by atoms with Crippen LogP contribution in [-0.4, -0.2) is 28.0 Å². The fraction of sp³-hybridized carbons (Fsp3) is 0.467. The third-order valence-electron chi connectivity index (χ3n) is 4.34. The molecule has 4 nitrogen and oxygen atoms in total. The standard InChI is InChI=1S/C15H19N3O/c1-10-5-2-3-7-13(10)18-14(11(9-16)15(18)19)12-6-4-8-17-12/h4,6,8-10,13,16-17H,2-3,5,7H2,1H3. The highest BCUT2D eigenvalue weighted by Crippen LogP contribution is 2.40. The molecule has 1 aliphatic carbocycles. The van der Waals surface area contributed by atoms with Gasteiger partial charge in [0.05, 0.1) is 17.0 Å². The maximum atomic E-state index is 12.2. The number of amides is 1. The van der Waals surface area contributed by atoms with Crippen molar-refractivity contribution in [2.75, 3.05) is 0 Å². The van der Waals surface area contributed by atoms with Crippen LogP contribution in [0.3, 0.4) is 0 Å². The second-order valence-electron chi connectivity index (χ2n) is 5.49. The number of nitrogens with zero attached hydrogens (tertiary/aromatic N) is 1. The van der Waals surface area contributed by atoms with E-state index < -0.39 is 0 Å². The quantitative estimate of drug-likeness (QED) is 0.804. The Bertz CT molecular complexity index is 530. The SMILES string of the molecule is CC1CCCCC1N1C(=O)C(C=N)=C1c1ccc[nH]1. The molecule has 2 N–H and O–H groups in total. The van der Waals surface area contributed by atoms with Crippen LogP contribution in [0, 0.1) is 11.3 Å². The molecule has 0 bridgehead atoms. The van der Waals surface area contributed by atoms with Crippen molar-refractivity contribution in [3.63, 3.8) is 0 Å². The summed E-state index contributed by atoms with van der Waals surface area (Å²) < 4.78 is 0. The van der Waals surface area contributed by atoms with Crippen molar-refractivity contribution in [1.29, 1.82) is 5.41 Å². The molecule has 1 saturated carbocycles. The Hall–Kier alpha value is -1.84. The normalized spacial score (nSPS) is 27.4. The van der Waals surface area contributed by atoms with Crippen molar-refractivity contribution >= 4 is 17.8 Å². The molecule has 0 radical (unpaired) electrons. The second-order valence-corrected chi connectivity index (χ2v) is 5.49. The molecule has 1 fully saturated rings. The summed E-state index contributed by atoms with van der Waals surface area (Å²) >= 11 is 0. The van der Waals surface area contributed by atoms with Gasteiger partial charge in [-0.3, -0.25) is 4.79 Å². The molecule has 0 aromatic carbocycles. The van der Waals surface area contributed by atoms with Crippen molar-refractivity contribution in [2.45, 2.75) is 38.6 Å². The number of rotatable bonds is 3. The lowest BCUT2D eigenvalue weighted by Gasteiger charge is -2.45. The van der Waals surface area contributed by atoms with Gasteiger partial charge in [-0.1, -0.05) is 19.8 Å². The first kappa shape index (κ1) is 12.2. The van der Waals surface area contributed by atoms with E-state index in [9.17, 15) is 4.79 Å². The molecule has 3 rings (SSSR count). The van der Waals surface area contributed by atoms with Crippen molar-refractivity contribution < 1.29 is 4.79 Å². The molecule has 2 unspecified atom stereocenters. The molecular formula is C15H19N3O. The Morgan fingerprint density at radius 2 is 2.21 bits per heavy atom. The Labute approximate surface area is 113 Å². The van der Waals surface area contributed by atoms with Crippen molar-refractivity contribution in [3.05, 3.63) is 29.6 Å². The van der Waals surface area contributed by atoms with E-state index in [0.717, 1.165) is 17.8 Å². The fourth-order valence-corrected chi connectivity index (χ4v) is 3.29. The molecule has 1 aromatic heterocycles. The predicted octanol–water partition coefficient (Wildman–Crippen LogP) is 2.80. The Morgan fingerprint density at radius 1 is 1.42 bits per heavy atom. The van der Waals surface area contributed by atoms with Gasteiger partial charge in [-0.05, 0) is 30.9 Å². The van der Waals surface area contributed by atoms with Crippen LogP contribution in [0.25, 0.3) is 5.70 Å². The van der Waals surface area contributed by atoms with Gasteiger partial charge in [-0.25, -0.2) is 0 Å². The van der Waals surface area contributed by atoms with Crippen LogP contribution >= 0.6 is 0 Å². The van der Waals surface area contributed by atoms with Crippen LogP contribution in [0.5, 0.6) is 0 Å². The van der Waals surface area contributed by atoms with E-state index in [0.29, 0.717) is 17.5 Å². The Kier molecular flexibility index (Phi) is 3.01. The lowest BCUT2D eigenvalue weighted by Crippen LogP contribution is -2.51. The minimum atomic E-state index is 0.0124. The molecule has 2 atom stereocenters. The first-order chi connectivity index (χ1) is 9.24. The average Bonchev–Trinajstić information content (AvgIpc) is 2.92. The van der Waals surface area contributed by atoms with Gasteiger partial charge in [-0.15, -0.1) is 0 Å². The highest BCUT2D eigenvalue weighted by atomic mass is 16.2. The first-order valence-electron chi connectivity index (χ1n) is 6.96. The van der Waals surface area contributed by atoms with E-state index in [-0.39, 0.29) is 5.91 Å². The molecule has 1 aromatic rings. The lowest BCUT2D eigenvalue weighted by atomic mass is 9.82. The van der Waals surface area contributed by atoms with Crippen LogP contribution in [0.2, 0.25) is 0 Å². The number of hydrogen-bond acceptors (Lipinski definition) is 2. The van der Waals surface area contributed by atoms with Crippen molar-refractivity contribution in [2.24, 2.45) is 5.92 Å². The van der Waals surface area contributed by atoms with Gasteiger partial charge in [0.1, 0.15) is 0 Å². The molecule has 1 amide bonds. The lowest BCUT2D eigenvalue weighted by molar-refractivity contribution is -0.129. The third-order valence-corrected chi connectivity index (χ3v) is 4.34. The highest BCUT2D eigenvalue weighted by Gasteiger charge is 2.43. The zero-order chi connectivity index (χ0) is 13.4. The summed E-state index contributed by atoms with van der Waals surface area (Å²) in [5.41, 5.74) is 2.37. The molecular weight excluding hydrogens is 238 g/mol. The number of aromatic amines is 1. The number of carbonyl (C=O) groups is 1. The summed E-state index contributed by atoms with van der Waals surface area (Å²) in [6.45, 7) is 2.23. The second kappa shape index (κ2) is 4.68. The van der Waals surface area contributed by atoms with Crippen LogP contribution in [0.15, 0.2) is 23.9 Å². The number of H-pyrrole nitrogens is 1. The molecule has 1 aliphatic heterocycles. The third kappa shape index (κ3) is 1.82. The summed E-state index contributed by atoms with van der Waals surface area (Å²) in [4.78, 5) is 17.3. The van der Waals surface area contributed by atoms with Crippen molar-refractivity contribution in [1.82, 2.24) is 9.88 Å². The molecule has 2 aliphatic rings. The maximum Gasteiger partial charge on any atom is 0.262 e. The van der Waals surface area contributed by atoms with E-state index in [1.165, 1.54) is 25.5 Å². The minimum Gasteiger partial charge on any atom is -0.360 e. The predicted molar refractivity (Wildman–Crippen MR) is 74.8 cm³/mol. The zero-order valence-electron chi connectivity index (χ0n) is 11.1. The fourth-order valence-electron chi connectivity index (χ4n) is 3.29. The minimum absolute atomic E-state index is 0.0124. The zero-order valence-corrected chi connectivity index (χ0v) is 11.1. The van der Waals surface area contributed by atoms with Gasteiger partial charge in [-0.2, -0.15) is 0 Å². The smallest absolute Gasteiger partial charge is 0.262 e.